The minimum Gasteiger partial charge on any atom is -0.477 e. The molecular formula is C13H12FN3O2. The highest BCUT2D eigenvalue weighted by Crippen LogP contribution is 2.22. The Morgan fingerprint density at radius 1 is 1.26 bits per heavy atom. The number of hydrogen-bond donors (Lipinski definition) is 2. The van der Waals surface area contributed by atoms with Crippen molar-refractivity contribution in [1.29, 1.82) is 0 Å². The van der Waals surface area contributed by atoms with Gasteiger partial charge in [-0.05, 0) is 37.6 Å². The smallest absolute Gasteiger partial charge is 0.341 e. The van der Waals surface area contributed by atoms with Crippen LogP contribution in [0.1, 0.15) is 21.6 Å². The van der Waals surface area contributed by atoms with Crippen LogP contribution in [0, 0.1) is 19.7 Å². The summed E-state index contributed by atoms with van der Waals surface area (Å²) in [6.07, 6.45) is 0. The highest BCUT2D eigenvalue weighted by Gasteiger charge is 2.16. The van der Waals surface area contributed by atoms with Crippen LogP contribution in [0.4, 0.5) is 10.2 Å². The van der Waals surface area contributed by atoms with Crippen LogP contribution in [0.2, 0.25) is 0 Å². The average molecular weight is 261 g/mol. The fourth-order valence-electron chi connectivity index (χ4n) is 1.85. The third-order valence-electron chi connectivity index (χ3n) is 2.63. The van der Waals surface area contributed by atoms with Crippen LogP contribution in [0.25, 0.3) is 11.4 Å². The first kappa shape index (κ1) is 12.9. The zero-order valence-corrected chi connectivity index (χ0v) is 10.4. The third kappa shape index (κ3) is 2.52. The number of aromatic nitrogens is 2. The molecule has 0 unspecified atom stereocenters. The number of nitrogens with zero attached hydrogens (tertiary/aromatic N) is 2. The van der Waals surface area contributed by atoms with Gasteiger partial charge in [-0.25, -0.2) is 19.2 Å². The second-order valence-corrected chi connectivity index (χ2v) is 4.22. The summed E-state index contributed by atoms with van der Waals surface area (Å²) >= 11 is 0. The molecule has 0 saturated heterocycles. The summed E-state index contributed by atoms with van der Waals surface area (Å²) in [5.41, 5.74) is 6.91. The minimum atomic E-state index is -1.18. The Hall–Kier alpha value is -2.50. The third-order valence-corrected chi connectivity index (χ3v) is 2.63. The highest BCUT2D eigenvalue weighted by molar-refractivity contribution is 5.94. The van der Waals surface area contributed by atoms with E-state index in [1.165, 1.54) is 19.1 Å². The molecule has 0 radical (unpaired) electrons. The van der Waals surface area contributed by atoms with Gasteiger partial charge >= 0.3 is 5.97 Å². The van der Waals surface area contributed by atoms with Crippen molar-refractivity contribution in [3.8, 4) is 11.4 Å². The van der Waals surface area contributed by atoms with Gasteiger partial charge in [-0.1, -0.05) is 0 Å². The molecule has 2 rings (SSSR count). The molecule has 0 atom stereocenters. The quantitative estimate of drug-likeness (QED) is 0.864. The monoisotopic (exact) mass is 261 g/mol. The molecule has 1 heterocycles. The summed E-state index contributed by atoms with van der Waals surface area (Å²) in [6.45, 7) is 3.27. The first-order valence-corrected chi connectivity index (χ1v) is 5.53. The summed E-state index contributed by atoms with van der Waals surface area (Å²) < 4.78 is 13.3. The summed E-state index contributed by atoms with van der Waals surface area (Å²) in [6, 6.07) is 4.37. The maximum atomic E-state index is 13.3. The Morgan fingerprint density at radius 2 is 1.95 bits per heavy atom. The Bertz CT molecular complexity index is 628. The van der Waals surface area contributed by atoms with Crippen LogP contribution in [0.5, 0.6) is 0 Å². The normalized spacial score (nSPS) is 10.5. The van der Waals surface area contributed by atoms with Crippen LogP contribution < -0.4 is 5.73 Å². The highest BCUT2D eigenvalue weighted by atomic mass is 19.1. The van der Waals surface area contributed by atoms with Crippen molar-refractivity contribution in [2.75, 3.05) is 5.73 Å². The summed E-state index contributed by atoms with van der Waals surface area (Å²) in [5.74, 6) is -1.51. The van der Waals surface area contributed by atoms with Gasteiger partial charge in [0.15, 0.2) is 5.82 Å². The largest absolute Gasteiger partial charge is 0.477 e. The minimum absolute atomic E-state index is 0.128. The van der Waals surface area contributed by atoms with E-state index in [0.717, 1.165) is 5.56 Å². The molecule has 98 valence electrons. The molecule has 0 fully saturated rings. The van der Waals surface area contributed by atoms with Gasteiger partial charge in [0, 0.05) is 5.56 Å². The number of carbonyl (C=O) groups is 1. The number of nitrogen functional groups attached to an aromatic ring is 1. The van der Waals surface area contributed by atoms with Crippen molar-refractivity contribution in [2.45, 2.75) is 13.8 Å². The SMILES string of the molecule is Cc1cc(F)cc(-c2nc(C)c(C(=O)O)c(N)n2)c1. The van der Waals surface area contributed by atoms with Crippen molar-refractivity contribution in [3.05, 3.63) is 40.8 Å². The van der Waals surface area contributed by atoms with Crippen LogP contribution in [-0.2, 0) is 0 Å². The number of nitrogens with two attached hydrogens (primary N) is 1. The Balaban J connectivity index is 2.61. The van der Waals surface area contributed by atoms with E-state index in [2.05, 4.69) is 9.97 Å². The lowest BCUT2D eigenvalue weighted by Crippen LogP contribution is -2.10. The number of carboxylic acid groups (broad SMARTS) is 1. The van der Waals surface area contributed by atoms with Crippen LogP contribution in [-0.4, -0.2) is 21.0 Å². The van der Waals surface area contributed by atoms with Gasteiger partial charge in [-0.15, -0.1) is 0 Å². The Labute approximate surface area is 108 Å². The van der Waals surface area contributed by atoms with Crippen molar-refractivity contribution in [2.24, 2.45) is 0 Å². The predicted octanol–water partition coefficient (Wildman–Crippen LogP) is 2.18. The number of aryl methyl sites for hydroxylation is 2. The Kier molecular flexibility index (Phi) is 3.16. The molecular weight excluding hydrogens is 249 g/mol. The molecule has 19 heavy (non-hydrogen) atoms. The molecule has 1 aromatic heterocycles. The van der Waals surface area contributed by atoms with Gasteiger partial charge in [0.1, 0.15) is 17.2 Å². The molecule has 0 spiro atoms. The van der Waals surface area contributed by atoms with Crippen LogP contribution in [0.15, 0.2) is 18.2 Å². The van der Waals surface area contributed by atoms with E-state index in [1.807, 2.05) is 0 Å². The van der Waals surface area contributed by atoms with E-state index in [9.17, 15) is 9.18 Å². The van der Waals surface area contributed by atoms with E-state index in [1.54, 1.807) is 13.0 Å². The molecule has 0 bridgehead atoms. The van der Waals surface area contributed by atoms with Gasteiger partial charge in [0.2, 0.25) is 0 Å². The lowest BCUT2D eigenvalue weighted by atomic mass is 10.1. The number of halogens is 1. The average Bonchev–Trinajstić information content (AvgIpc) is 2.25. The maximum Gasteiger partial charge on any atom is 0.341 e. The lowest BCUT2D eigenvalue weighted by Gasteiger charge is -2.08. The van der Waals surface area contributed by atoms with E-state index < -0.39 is 11.8 Å². The van der Waals surface area contributed by atoms with Crippen molar-refractivity contribution >= 4 is 11.8 Å². The Morgan fingerprint density at radius 3 is 2.47 bits per heavy atom. The van der Waals surface area contributed by atoms with Gasteiger partial charge in [0.25, 0.3) is 0 Å². The van der Waals surface area contributed by atoms with E-state index in [0.29, 0.717) is 5.56 Å². The first-order valence-electron chi connectivity index (χ1n) is 5.53. The van der Waals surface area contributed by atoms with Gasteiger partial charge < -0.3 is 10.8 Å². The van der Waals surface area contributed by atoms with Gasteiger partial charge in [0.05, 0.1) is 5.69 Å². The van der Waals surface area contributed by atoms with Crippen molar-refractivity contribution < 1.29 is 14.3 Å². The maximum absolute atomic E-state index is 13.3. The molecule has 2 aromatic rings. The number of anilines is 1. The lowest BCUT2D eigenvalue weighted by molar-refractivity contribution is 0.0696. The molecule has 3 N–H and O–H groups in total. The van der Waals surface area contributed by atoms with Crippen LogP contribution >= 0.6 is 0 Å². The number of benzene rings is 1. The van der Waals surface area contributed by atoms with Gasteiger partial charge in [-0.2, -0.15) is 0 Å². The molecule has 0 aliphatic rings. The topological polar surface area (TPSA) is 89.1 Å². The summed E-state index contributed by atoms with van der Waals surface area (Å²) in [4.78, 5) is 19.0. The molecule has 1 aromatic carbocycles. The fourth-order valence-corrected chi connectivity index (χ4v) is 1.85. The number of aromatic carboxylic acids is 1. The van der Waals surface area contributed by atoms with E-state index in [4.69, 9.17) is 10.8 Å². The predicted molar refractivity (Wildman–Crippen MR) is 68.3 cm³/mol. The van der Waals surface area contributed by atoms with Crippen LogP contribution in [0.3, 0.4) is 0 Å². The molecule has 0 saturated carbocycles. The molecule has 0 aliphatic heterocycles. The summed E-state index contributed by atoms with van der Waals surface area (Å²) in [7, 11) is 0. The summed E-state index contributed by atoms with van der Waals surface area (Å²) in [5, 5.41) is 8.98. The zero-order chi connectivity index (χ0) is 14.2. The van der Waals surface area contributed by atoms with Crippen molar-refractivity contribution in [1.82, 2.24) is 9.97 Å². The van der Waals surface area contributed by atoms with Gasteiger partial charge in [-0.3, -0.25) is 0 Å². The van der Waals surface area contributed by atoms with E-state index in [-0.39, 0.29) is 22.9 Å². The standard InChI is InChI=1S/C13H12FN3O2/c1-6-3-8(5-9(14)4-6)12-16-7(2)10(13(18)19)11(15)17-12/h3-5H,1-2H3,(H,18,19)(H2,15,16,17). The number of hydrogen-bond acceptors (Lipinski definition) is 4. The number of carboxylic acids is 1. The first-order chi connectivity index (χ1) is 8.88. The molecule has 0 amide bonds. The molecule has 0 aliphatic carbocycles. The number of rotatable bonds is 2. The van der Waals surface area contributed by atoms with Crippen molar-refractivity contribution in [3.63, 3.8) is 0 Å². The molecule has 5 nitrogen and oxygen atoms in total. The van der Waals surface area contributed by atoms with E-state index >= 15 is 0 Å². The second-order valence-electron chi connectivity index (χ2n) is 4.22. The second kappa shape index (κ2) is 4.64. The fraction of sp³-hybridized carbons (Fsp3) is 0.154. The zero-order valence-electron chi connectivity index (χ0n) is 10.4. The molecule has 6 heteroatoms.